The summed E-state index contributed by atoms with van der Waals surface area (Å²) in [4.78, 5) is 4.46. The minimum atomic E-state index is -0.842. The van der Waals surface area contributed by atoms with Crippen LogP contribution in [0.3, 0.4) is 0 Å². The van der Waals surface area contributed by atoms with E-state index in [1.807, 2.05) is 24.3 Å². The van der Waals surface area contributed by atoms with Gasteiger partial charge in [0.05, 0.1) is 11.1 Å². The fourth-order valence-corrected chi connectivity index (χ4v) is 3.35. The zero-order valence-electron chi connectivity index (χ0n) is 16.5. The summed E-state index contributed by atoms with van der Waals surface area (Å²) in [5.74, 6) is -1.57. The van der Waals surface area contributed by atoms with Gasteiger partial charge in [0.15, 0.2) is 17.2 Å². The monoisotopic (exact) mass is 444 g/mol. The van der Waals surface area contributed by atoms with Gasteiger partial charge >= 0.3 is 0 Å². The second kappa shape index (κ2) is 8.97. The normalized spacial score (nSPS) is 12.3. The lowest BCUT2D eigenvalue weighted by Gasteiger charge is -2.13. The van der Waals surface area contributed by atoms with Crippen molar-refractivity contribution in [2.24, 2.45) is 0 Å². The number of rotatable bonds is 7. The van der Waals surface area contributed by atoms with Crippen LogP contribution in [-0.4, -0.2) is 32.9 Å². The molecule has 0 aliphatic rings. The lowest BCUT2D eigenvalue weighted by molar-refractivity contribution is 0.191. The van der Waals surface area contributed by atoms with E-state index < -0.39 is 17.7 Å². The van der Waals surface area contributed by atoms with Gasteiger partial charge in [-0.1, -0.05) is 29.8 Å². The van der Waals surface area contributed by atoms with E-state index in [0.717, 1.165) is 17.7 Å². The van der Waals surface area contributed by atoms with Crippen molar-refractivity contribution >= 4 is 22.6 Å². The van der Waals surface area contributed by atoms with Gasteiger partial charge in [0, 0.05) is 35.7 Å². The van der Waals surface area contributed by atoms with Crippen LogP contribution in [0.2, 0.25) is 5.02 Å². The van der Waals surface area contributed by atoms with E-state index in [9.17, 15) is 13.9 Å². The van der Waals surface area contributed by atoms with E-state index in [2.05, 4.69) is 20.5 Å². The van der Waals surface area contributed by atoms with Crippen LogP contribution >= 0.6 is 11.6 Å². The van der Waals surface area contributed by atoms with Crippen LogP contribution in [0.1, 0.15) is 12.5 Å². The van der Waals surface area contributed by atoms with Gasteiger partial charge in [0.1, 0.15) is 11.5 Å². The molecule has 2 aromatic heterocycles. The van der Waals surface area contributed by atoms with Crippen molar-refractivity contribution < 1.29 is 18.6 Å². The Bertz CT molecular complexity index is 1230. The number of nitrogens with zero attached hydrogens (tertiary/aromatic N) is 2. The maximum absolute atomic E-state index is 14.1. The van der Waals surface area contributed by atoms with Crippen LogP contribution in [0.5, 0.6) is 11.6 Å². The number of nitrogens with one attached hydrogen (secondary N) is 2. The Hall–Kier alpha value is -3.07. The number of hydrogen-bond donors (Lipinski definition) is 3. The SMILES string of the molecule is CC(O)CNCc1cc2c(-c3ccccc3Cl)n[nH]c2nc1Oc1ccc(F)cc1F. The molecule has 1 unspecified atom stereocenters. The number of H-pyrrole nitrogens is 1. The predicted molar refractivity (Wildman–Crippen MR) is 114 cm³/mol. The van der Waals surface area contributed by atoms with Crippen molar-refractivity contribution in [3.05, 3.63) is 70.8 Å². The highest BCUT2D eigenvalue weighted by atomic mass is 35.5. The Labute approximate surface area is 181 Å². The first-order chi connectivity index (χ1) is 14.9. The van der Waals surface area contributed by atoms with Crippen molar-refractivity contribution in [3.8, 4) is 22.9 Å². The smallest absolute Gasteiger partial charge is 0.225 e. The number of pyridine rings is 1. The van der Waals surface area contributed by atoms with E-state index in [0.29, 0.717) is 40.4 Å². The van der Waals surface area contributed by atoms with Gasteiger partial charge in [-0.3, -0.25) is 5.10 Å². The van der Waals surface area contributed by atoms with Gasteiger partial charge in [-0.2, -0.15) is 10.1 Å². The molecule has 0 aliphatic heterocycles. The average Bonchev–Trinajstić information content (AvgIpc) is 3.12. The molecule has 0 radical (unpaired) electrons. The maximum Gasteiger partial charge on any atom is 0.225 e. The lowest BCUT2D eigenvalue weighted by Crippen LogP contribution is -2.24. The van der Waals surface area contributed by atoms with E-state index in [4.69, 9.17) is 16.3 Å². The number of hydrogen-bond acceptors (Lipinski definition) is 5. The molecule has 31 heavy (non-hydrogen) atoms. The van der Waals surface area contributed by atoms with Crippen LogP contribution in [-0.2, 0) is 6.54 Å². The Morgan fingerprint density at radius 3 is 2.74 bits per heavy atom. The molecule has 0 aliphatic carbocycles. The van der Waals surface area contributed by atoms with Crippen molar-refractivity contribution in [3.63, 3.8) is 0 Å². The van der Waals surface area contributed by atoms with Crippen molar-refractivity contribution in [1.82, 2.24) is 20.5 Å². The average molecular weight is 445 g/mol. The molecular weight excluding hydrogens is 426 g/mol. The third-order valence-corrected chi connectivity index (χ3v) is 4.90. The number of ether oxygens (including phenoxy) is 1. The van der Waals surface area contributed by atoms with Gasteiger partial charge in [-0.25, -0.2) is 8.78 Å². The molecule has 4 rings (SSSR count). The summed E-state index contributed by atoms with van der Waals surface area (Å²) >= 11 is 6.33. The number of aliphatic hydroxyl groups excluding tert-OH is 1. The molecule has 0 saturated carbocycles. The van der Waals surface area contributed by atoms with Crippen LogP contribution < -0.4 is 10.1 Å². The first kappa shape index (κ1) is 21.2. The molecule has 0 spiro atoms. The number of aliphatic hydroxyl groups is 1. The molecule has 2 aromatic carbocycles. The zero-order chi connectivity index (χ0) is 22.0. The largest absolute Gasteiger partial charge is 0.436 e. The second-order valence-corrected chi connectivity index (χ2v) is 7.46. The van der Waals surface area contributed by atoms with Crippen molar-refractivity contribution in [2.45, 2.75) is 19.6 Å². The summed E-state index contributed by atoms with van der Waals surface area (Å²) in [6.45, 7) is 2.29. The molecule has 4 aromatic rings. The van der Waals surface area contributed by atoms with E-state index in [-0.39, 0.29) is 11.6 Å². The number of aromatic amines is 1. The van der Waals surface area contributed by atoms with Crippen LogP contribution in [0.25, 0.3) is 22.3 Å². The summed E-state index contributed by atoms with van der Waals surface area (Å²) in [5, 5.41) is 21.1. The van der Waals surface area contributed by atoms with Gasteiger partial charge in [-0.05, 0) is 31.2 Å². The molecule has 1 atom stereocenters. The predicted octanol–water partition coefficient (Wildman–Crippen LogP) is 4.82. The van der Waals surface area contributed by atoms with E-state index in [1.54, 1.807) is 13.0 Å². The first-order valence-corrected chi connectivity index (χ1v) is 9.94. The minimum Gasteiger partial charge on any atom is -0.436 e. The molecular formula is C22H19ClF2N4O2. The summed E-state index contributed by atoms with van der Waals surface area (Å²) in [6, 6.07) is 12.2. The van der Waals surface area contributed by atoms with Crippen LogP contribution in [0.4, 0.5) is 8.78 Å². The first-order valence-electron chi connectivity index (χ1n) is 9.57. The standard InChI is InChI=1S/C22H19ClF2N4O2/c1-12(30)10-26-11-13-8-16-20(15-4-2-3-5-17(15)23)28-29-21(16)27-22(13)31-19-7-6-14(24)9-18(19)25/h2-9,12,26,30H,10-11H2,1H3,(H,27,28,29). The van der Waals surface area contributed by atoms with Crippen molar-refractivity contribution in [2.75, 3.05) is 6.54 Å². The molecule has 6 nitrogen and oxygen atoms in total. The van der Waals surface area contributed by atoms with Gasteiger partial charge in [0.25, 0.3) is 0 Å². The van der Waals surface area contributed by atoms with Crippen LogP contribution in [0, 0.1) is 11.6 Å². The quantitative estimate of drug-likeness (QED) is 0.380. The minimum absolute atomic E-state index is 0.130. The van der Waals surface area contributed by atoms with E-state index >= 15 is 0 Å². The number of halogens is 3. The highest BCUT2D eigenvalue weighted by Crippen LogP contribution is 2.34. The van der Waals surface area contributed by atoms with Gasteiger partial charge in [0.2, 0.25) is 5.88 Å². The van der Waals surface area contributed by atoms with Gasteiger partial charge in [-0.15, -0.1) is 0 Å². The molecule has 0 bridgehead atoms. The fraction of sp³-hybridized carbons (Fsp3) is 0.182. The Kier molecular flexibility index (Phi) is 6.13. The number of fused-ring (bicyclic) bond motifs is 1. The fourth-order valence-electron chi connectivity index (χ4n) is 3.12. The third kappa shape index (κ3) is 4.66. The number of benzene rings is 2. The summed E-state index contributed by atoms with van der Waals surface area (Å²) < 4.78 is 33.0. The summed E-state index contributed by atoms with van der Waals surface area (Å²) in [6.07, 6.45) is -0.553. The Morgan fingerprint density at radius 2 is 2.00 bits per heavy atom. The topological polar surface area (TPSA) is 83.1 Å². The second-order valence-electron chi connectivity index (χ2n) is 7.06. The molecule has 160 valence electrons. The number of aromatic nitrogens is 3. The molecule has 9 heteroatoms. The van der Waals surface area contributed by atoms with Gasteiger partial charge < -0.3 is 15.2 Å². The molecule has 2 heterocycles. The highest BCUT2D eigenvalue weighted by Gasteiger charge is 2.18. The summed E-state index contributed by atoms with van der Waals surface area (Å²) in [7, 11) is 0. The van der Waals surface area contributed by atoms with E-state index in [1.165, 1.54) is 6.07 Å². The van der Waals surface area contributed by atoms with Crippen molar-refractivity contribution in [1.29, 1.82) is 0 Å². The molecule has 0 saturated heterocycles. The molecule has 3 N–H and O–H groups in total. The molecule has 0 amide bonds. The third-order valence-electron chi connectivity index (χ3n) is 4.58. The maximum atomic E-state index is 14.1. The molecule has 0 fully saturated rings. The Balaban J connectivity index is 1.77. The summed E-state index contributed by atoms with van der Waals surface area (Å²) in [5.41, 5.74) is 2.38. The lowest BCUT2D eigenvalue weighted by atomic mass is 10.1. The van der Waals surface area contributed by atoms with Crippen LogP contribution in [0.15, 0.2) is 48.5 Å². The Morgan fingerprint density at radius 1 is 1.19 bits per heavy atom. The highest BCUT2D eigenvalue weighted by molar-refractivity contribution is 6.33. The zero-order valence-corrected chi connectivity index (χ0v) is 17.3.